The van der Waals surface area contributed by atoms with Crippen LogP contribution in [0.2, 0.25) is 0 Å². The van der Waals surface area contributed by atoms with Gasteiger partial charge in [-0.1, -0.05) is 6.92 Å². The van der Waals surface area contributed by atoms with Crippen LogP contribution in [0.15, 0.2) is 23.1 Å². The van der Waals surface area contributed by atoms with Crippen molar-refractivity contribution < 1.29 is 13.6 Å². The van der Waals surface area contributed by atoms with Crippen molar-refractivity contribution in [3.05, 3.63) is 29.8 Å². The molecule has 0 unspecified atom stereocenters. The van der Waals surface area contributed by atoms with Gasteiger partial charge in [-0.05, 0) is 24.6 Å². The predicted octanol–water partition coefficient (Wildman–Crippen LogP) is 2.58. The number of carbonyl (C=O) groups is 1. The maximum atomic E-state index is 12.8. The van der Waals surface area contributed by atoms with E-state index in [0.29, 0.717) is 11.4 Å². The molecule has 1 N–H and O–H groups in total. The summed E-state index contributed by atoms with van der Waals surface area (Å²) in [6, 6.07) is 3.60. The fourth-order valence-electron chi connectivity index (χ4n) is 1.03. The Bertz CT molecular complexity index is 371. The molecule has 2 nitrogen and oxygen atoms in total. The van der Waals surface area contributed by atoms with Gasteiger partial charge in [0, 0.05) is 11.4 Å². The topological polar surface area (TPSA) is 29.1 Å². The normalized spacial score (nSPS) is 10.2. The van der Waals surface area contributed by atoms with Gasteiger partial charge in [0.15, 0.2) is 11.6 Å². The van der Waals surface area contributed by atoms with Crippen LogP contribution in [-0.2, 0) is 4.79 Å². The highest BCUT2D eigenvalue weighted by atomic mass is 32.2. The first-order valence-electron chi connectivity index (χ1n) is 4.98. The van der Waals surface area contributed by atoms with Gasteiger partial charge in [0.2, 0.25) is 5.91 Å². The molecule has 5 heteroatoms. The number of hydrogen-bond acceptors (Lipinski definition) is 2. The molecule has 16 heavy (non-hydrogen) atoms. The van der Waals surface area contributed by atoms with E-state index < -0.39 is 11.6 Å². The fraction of sp³-hybridized carbons (Fsp3) is 0.364. The van der Waals surface area contributed by atoms with Gasteiger partial charge in [0.25, 0.3) is 0 Å². The predicted molar refractivity (Wildman–Crippen MR) is 60.4 cm³/mol. The van der Waals surface area contributed by atoms with Gasteiger partial charge in [0.1, 0.15) is 0 Å². The Balaban J connectivity index is 2.42. The van der Waals surface area contributed by atoms with Crippen molar-refractivity contribution in [1.29, 1.82) is 0 Å². The summed E-state index contributed by atoms with van der Waals surface area (Å²) in [6.45, 7) is 2.60. The van der Waals surface area contributed by atoms with E-state index in [4.69, 9.17) is 0 Å². The Hall–Kier alpha value is -1.10. The number of benzene rings is 1. The van der Waals surface area contributed by atoms with Gasteiger partial charge < -0.3 is 5.32 Å². The first-order valence-corrected chi connectivity index (χ1v) is 5.96. The molecule has 1 aromatic rings. The molecule has 1 rings (SSSR count). The lowest BCUT2D eigenvalue weighted by Gasteiger charge is -2.03. The summed E-state index contributed by atoms with van der Waals surface area (Å²) in [4.78, 5) is 11.8. The van der Waals surface area contributed by atoms with Crippen LogP contribution in [-0.4, -0.2) is 18.2 Å². The lowest BCUT2D eigenvalue weighted by Crippen LogP contribution is -2.25. The molecule has 0 heterocycles. The summed E-state index contributed by atoms with van der Waals surface area (Å²) in [5.41, 5.74) is 0. The third-order valence-electron chi connectivity index (χ3n) is 1.83. The highest BCUT2D eigenvalue weighted by molar-refractivity contribution is 8.00. The zero-order chi connectivity index (χ0) is 12.0. The van der Waals surface area contributed by atoms with Gasteiger partial charge in [0.05, 0.1) is 5.75 Å². The van der Waals surface area contributed by atoms with E-state index in [0.717, 1.165) is 18.6 Å². The summed E-state index contributed by atoms with van der Waals surface area (Å²) in [7, 11) is 0. The molecule has 0 fully saturated rings. The van der Waals surface area contributed by atoms with Crippen LogP contribution in [0.4, 0.5) is 8.78 Å². The fourth-order valence-corrected chi connectivity index (χ4v) is 1.78. The molecule has 0 aliphatic carbocycles. The van der Waals surface area contributed by atoms with E-state index in [1.165, 1.54) is 17.8 Å². The second-order valence-electron chi connectivity index (χ2n) is 3.21. The highest BCUT2D eigenvalue weighted by Crippen LogP contribution is 2.19. The van der Waals surface area contributed by atoms with Gasteiger partial charge in [-0.3, -0.25) is 4.79 Å². The molecule has 0 bridgehead atoms. The molecule has 0 saturated heterocycles. The monoisotopic (exact) mass is 245 g/mol. The van der Waals surface area contributed by atoms with Crippen molar-refractivity contribution in [3.8, 4) is 0 Å². The molecule has 88 valence electrons. The minimum atomic E-state index is -0.890. The minimum Gasteiger partial charge on any atom is -0.355 e. The van der Waals surface area contributed by atoms with Gasteiger partial charge >= 0.3 is 0 Å². The number of rotatable bonds is 5. The zero-order valence-electron chi connectivity index (χ0n) is 8.93. The molecule has 0 saturated carbocycles. The van der Waals surface area contributed by atoms with Crippen molar-refractivity contribution in [2.24, 2.45) is 0 Å². The first kappa shape index (κ1) is 13.0. The first-order chi connectivity index (χ1) is 7.63. The maximum absolute atomic E-state index is 12.8. The van der Waals surface area contributed by atoms with Crippen LogP contribution in [0, 0.1) is 11.6 Å². The number of carbonyl (C=O) groups excluding carboxylic acids is 1. The Morgan fingerprint density at radius 2 is 2.12 bits per heavy atom. The largest absolute Gasteiger partial charge is 0.355 e. The zero-order valence-corrected chi connectivity index (χ0v) is 9.74. The second-order valence-corrected chi connectivity index (χ2v) is 4.26. The lowest BCUT2D eigenvalue weighted by molar-refractivity contribution is -0.118. The third-order valence-corrected chi connectivity index (χ3v) is 2.83. The van der Waals surface area contributed by atoms with Crippen molar-refractivity contribution in [2.45, 2.75) is 18.2 Å². The van der Waals surface area contributed by atoms with E-state index >= 15 is 0 Å². The van der Waals surface area contributed by atoms with E-state index in [2.05, 4.69) is 5.32 Å². The Kier molecular flexibility index (Phi) is 5.25. The molecule has 0 aromatic heterocycles. The molecule has 0 aliphatic rings. The maximum Gasteiger partial charge on any atom is 0.230 e. The van der Waals surface area contributed by atoms with Crippen molar-refractivity contribution in [1.82, 2.24) is 5.32 Å². The van der Waals surface area contributed by atoms with Crippen LogP contribution in [0.3, 0.4) is 0 Å². The Morgan fingerprint density at radius 3 is 2.75 bits per heavy atom. The van der Waals surface area contributed by atoms with Crippen LogP contribution < -0.4 is 5.32 Å². The van der Waals surface area contributed by atoms with Crippen LogP contribution in [0.5, 0.6) is 0 Å². The van der Waals surface area contributed by atoms with Crippen molar-refractivity contribution in [3.63, 3.8) is 0 Å². The standard InChI is InChI=1S/C11H13F2NOS/c1-2-5-14-11(15)7-16-8-3-4-9(12)10(13)6-8/h3-4,6H,2,5,7H2,1H3,(H,14,15). The summed E-state index contributed by atoms with van der Waals surface area (Å²) in [5.74, 6) is -1.65. The van der Waals surface area contributed by atoms with Crippen LogP contribution >= 0.6 is 11.8 Å². The number of thioether (sulfide) groups is 1. The van der Waals surface area contributed by atoms with Crippen LogP contribution in [0.25, 0.3) is 0 Å². The number of hydrogen-bond donors (Lipinski definition) is 1. The van der Waals surface area contributed by atoms with Crippen LogP contribution in [0.1, 0.15) is 13.3 Å². The summed E-state index contributed by atoms with van der Waals surface area (Å²) >= 11 is 1.18. The average molecular weight is 245 g/mol. The molecule has 1 amide bonds. The molecule has 0 aliphatic heterocycles. The molecule has 0 atom stereocenters. The Morgan fingerprint density at radius 1 is 1.38 bits per heavy atom. The second kappa shape index (κ2) is 6.48. The van der Waals surface area contributed by atoms with E-state index in [-0.39, 0.29) is 11.7 Å². The third kappa shape index (κ3) is 4.18. The summed E-state index contributed by atoms with van der Waals surface area (Å²) < 4.78 is 25.4. The lowest BCUT2D eigenvalue weighted by atomic mass is 10.3. The van der Waals surface area contributed by atoms with E-state index in [9.17, 15) is 13.6 Å². The van der Waals surface area contributed by atoms with Gasteiger partial charge in [-0.2, -0.15) is 0 Å². The molecule has 0 radical (unpaired) electrons. The number of amides is 1. The average Bonchev–Trinajstić information content (AvgIpc) is 2.28. The minimum absolute atomic E-state index is 0.100. The highest BCUT2D eigenvalue weighted by Gasteiger charge is 2.05. The number of nitrogens with one attached hydrogen (secondary N) is 1. The van der Waals surface area contributed by atoms with Gasteiger partial charge in [-0.15, -0.1) is 11.8 Å². The molecular formula is C11H13F2NOS. The summed E-state index contributed by atoms with van der Waals surface area (Å²) in [5, 5.41) is 2.70. The molecule has 1 aromatic carbocycles. The van der Waals surface area contributed by atoms with Gasteiger partial charge in [-0.25, -0.2) is 8.78 Å². The Labute approximate surface area is 97.4 Å². The smallest absolute Gasteiger partial charge is 0.230 e. The van der Waals surface area contributed by atoms with Crippen molar-refractivity contribution in [2.75, 3.05) is 12.3 Å². The summed E-state index contributed by atoms with van der Waals surface area (Å²) in [6.07, 6.45) is 0.877. The SMILES string of the molecule is CCCNC(=O)CSc1ccc(F)c(F)c1. The quantitative estimate of drug-likeness (QED) is 0.808. The molecule has 0 spiro atoms. The van der Waals surface area contributed by atoms with E-state index in [1.54, 1.807) is 0 Å². The number of halogens is 2. The molecular weight excluding hydrogens is 232 g/mol. The van der Waals surface area contributed by atoms with Crippen molar-refractivity contribution >= 4 is 17.7 Å². The van der Waals surface area contributed by atoms with E-state index in [1.807, 2.05) is 6.92 Å².